The highest BCUT2D eigenvalue weighted by Crippen LogP contribution is 2.74. The lowest BCUT2D eigenvalue weighted by Crippen LogP contribution is -2.67. The van der Waals surface area contributed by atoms with Gasteiger partial charge in [0.25, 0.3) is 0 Å². The molecule has 8 atom stereocenters. The highest BCUT2D eigenvalue weighted by molar-refractivity contribution is 5.81. The summed E-state index contributed by atoms with van der Waals surface area (Å²) in [4.78, 5) is 37.2. The lowest BCUT2D eigenvalue weighted by Gasteiger charge is -2.64. The minimum absolute atomic E-state index is 0.0553. The standard InChI is InChI=1S/C24H32O6/c1-13-10-24-11-16(13)6-7-17(24)22(4)8-5-9-23(12-28-14(2)25)19(22)18(30-21(23)27)20(24)29-15(3)26/h16-20H,1,5-12H2,2-4H3/t16-,17+,18-,19+,20+,22+,23+,24+/m1/s1. The number of hydrogen-bond acceptors (Lipinski definition) is 6. The fraction of sp³-hybridized carbons (Fsp3) is 0.792. The van der Waals surface area contributed by atoms with Crippen LogP contribution in [0.15, 0.2) is 12.2 Å². The van der Waals surface area contributed by atoms with Crippen molar-refractivity contribution in [3.8, 4) is 0 Å². The van der Waals surface area contributed by atoms with E-state index in [2.05, 4.69) is 13.5 Å². The first-order valence-electron chi connectivity index (χ1n) is 11.3. The minimum atomic E-state index is -0.837. The Kier molecular flexibility index (Phi) is 4.24. The third-order valence-corrected chi connectivity index (χ3v) is 9.37. The Morgan fingerprint density at radius 3 is 2.67 bits per heavy atom. The Balaban J connectivity index is 1.65. The number of hydrogen-bond donors (Lipinski definition) is 0. The first-order valence-corrected chi connectivity index (χ1v) is 11.3. The van der Waals surface area contributed by atoms with E-state index in [9.17, 15) is 14.4 Å². The van der Waals surface area contributed by atoms with Crippen molar-refractivity contribution in [2.75, 3.05) is 6.61 Å². The second-order valence-electron chi connectivity index (χ2n) is 10.8. The number of rotatable bonds is 3. The van der Waals surface area contributed by atoms with Gasteiger partial charge in [-0.25, -0.2) is 0 Å². The summed E-state index contributed by atoms with van der Waals surface area (Å²) in [6, 6.07) is 0. The van der Waals surface area contributed by atoms with Gasteiger partial charge in [0.2, 0.25) is 0 Å². The Morgan fingerprint density at radius 2 is 1.97 bits per heavy atom. The highest BCUT2D eigenvalue weighted by atomic mass is 16.6. The number of ether oxygens (including phenoxy) is 3. The van der Waals surface area contributed by atoms with Crippen LogP contribution in [0.4, 0.5) is 0 Å². The van der Waals surface area contributed by atoms with Crippen LogP contribution in [-0.2, 0) is 28.6 Å². The summed E-state index contributed by atoms with van der Waals surface area (Å²) in [6.07, 6.45) is 5.60. The zero-order valence-electron chi connectivity index (χ0n) is 18.2. The van der Waals surface area contributed by atoms with E-state index in [-0.39, 0.29) is 41.3 Å². The molecule has 164 valence electrons. The molecule has 0 unspecified atom stereocenters. The molecular formula is C24H32O6. The molecule has 4 aliphatic carbocycles. The van der Waals surface area contributed by atoms with Crippen molar-refractivity contribution in [2.24, 2.45) is 34.0 Å². The Hall–Kier alpha value is -1.85. The van der Waals surface area contributed by atoms with Crippen LogP contribution in [0.25, 0.3) is 0 Å². The van der Waals surface area contributed by atoms with Gasteiger partial charge in [-0.1, -0.05) is 25.5 Å². The molecule has 1 aliphatic heterocycles. The summed E-state index contributed by atoms with van der Waals surface area (Å²) in [5, 5.41) is 0. The quantitative estimate of drug-likeness (QED) is 0.398. The molecule has 5 fully saturated rings. The van der Waals surface area contributed by atoms with Crippen molar-refractivity contribution in [1.29, 1.82) is 0 Å². The molecule has 0 N–H and O–H groups in total. The van der Waals surface area contributed by atoms with E-state index in [1.54, 1.807) is 0 Å². The highest BCUT2D eigenvalue weighted by Gasteiger charge is 2.77. The molecule has 6 nitrogen and oxygen atoms in total. The maximum absolute atomic E-state index is 13.4. The largest absolute Gasteiger partial charge is 0.465 e. The normalized spacial score (nSPS) is 48.4. The second-order valence-corrected chi connectivity index (χ2v) is 10.8. The Bertz CT molecular complexity index is 834. The van der Waals surface area contributed by atoms with E-state index in [0.717, 1.165) is 38.5 Å². The summed E-state index contributed by atoms with van der Waals surface area (Å²) in [6.45, 7) is 9.54. The van der Waals surface area contributed by atoms with E-state index in [4.69, 9.17) is 14.2 Å². The molecule has 30 heavy (non-hydrogen) atoms. The van der Waals surface area contributed by atoms with Crippen molar-refractivity contribution >= 4 is 17.9 Å². The van der Waals surface area contributed by atoms with Gasteiger partial charge in [0.15, 0.2) is 0 Å². The Labute approximate surface area is 177 Å². The molecule has 1 saturated heterocycles. The van der Waals surface area contributed by atoms with Crippen molar-refractivity contribution in [3.05, 3.63) is 12.2 Å². The van der Waals surface area contributed by atoms with Gasteiger partial charge in [-0.05, 0) is 55.8 Å². The minimum Gasteiger partial charge on any atom is -0.465 e. The third kappa shape index (κ3) is 2.39. The van der Waals surface area contributed by atoms with Crippen LogP contribution in [0.3, 0.4) is 0 Å². The first kappa shape index (κ1) is 20.1. The van der Waals surface area contributed by atoms with E-state index >= 15 is 0 Å². The monoisotopic (exact) mass is 416 g/mol. The van der Waals surface area contributed by atoms with Crippen LogP contribution in [0.1, 0.15) is 65.7 Å². The lowest BCUT2D eigenvalue weighted by atomic mass is 9.40. The average Bonchev–Trinajstić information content (AvgIpc) is 3.10. The number of fused-ring (bicyclic) bond motifs is 2. The van der Waals surface area contributed by atoms with Crippen LogP contribution in [0.2, 0.25) is 0 Å². The van der Waals surface area contributed by atoms with Gasteiger partial charge >= 0.3 is 17.9 Å². The molecule has 0 amide bonds. The van der Waals surface area contributed by atoms with Crippen LogP contribution < -0.4 is 0 Å². The number of allylic oxidation sites excluding steroid dienone is 1. The maximum Gasteiger partial charge on any atom is 0.316 e. The lowest BCUT2D eigenvalue weighted by molar-refractivity contribution is -0.235. The molecule has 2 bridgehead atoms. The van der Waals surface area contributed by atoms with Gasteiger partial charge in [0.05, 0.1) is 0 Å². The zero-order chi connectivity index (χ0) is 21.5. The Morgan fingerprint density at radius 1 is 1.20 bits per heavy atom. The molecule has 0 aromatic carbocycles. The molecule has 1 heterocycles. The summed E-state index contributed by atoms with van der Waals surface area (Å²) in [5.41, 5.74) is 0.0802. The zero-order valence-corrected chi connectivity index (χ0v) is 18.2. The molecule has 0 radical (unpaired) electrons. The van der Waals surface area contributed by atoms with E-state index < -0.39 is 17.6 Å². The number of carbonyl (C=O) groups is 3. The fourth-order valence-electron chi connectivity index (χ4n) is 8.59. The molecule has 0 aromatic rings. The molecule has 5 rings (SSSR count). The van der Waals surface area contributed by atoms with Crippen LogP contribution >= 0.6 is 0 Å². The van der Waals surface area contributed by atoms with Gasteiger partial charge in [-0.3, -0.25) is 14.4 Å². The molecular weight excluding hydrogens is 384 g/mol. The van der Waals surface area contributed by atoms with Gasteiger partial charge in [-0.2, -0.15) is 0 Å². The second kappa shape index (κ2) is 6.33. The third-order valence-electron chi connectivity index (χ3n) is 9.37. The number of carbonyl (C=O) groups excluding carboxylic acids is 3. The smallest absolute Gasteiger partial charge is 0.316 e. The first-order chi connectivity index (χ1) is 14.1. The van der Waals surface area contributed by atoms with Gasteiger partial charge in [0.1, 0.15) is 24.2 Å². The van der Waals surface area contributed by atoms with Crippen molar-refractivity contribution in [2.45, 2.75) is 77.9 Å². The molecule has 0 aromatic heterocycles. The van der Waals surface area contributed by atoms with Crippen LogP contribution in [0.5, 0.6) is 0 Å². The van der Waals surface area contributed by atoms with E-state index in [0.29, 0.717) is 18.3 Å². The molecule has 1 spiro atoms. The fourth-order valence-corrected chi connectivity index (χ4v) is 8.59. The summed E-state index contributed by atoms with van der Waals surface area (Å²) >= 11 is 0. The van der Waals surface area contributed by atoms with Crippen molar-refractivity contribution in [1.82, 2.24) is 0 Å². The summed E-state index contributed by atoms with van der Waals surface area (Å²) < 4.78 is 17.5. The summed E-state index contributed by atoms with van der Waals surface area (Å²) in [5.74, 6) is -0.324. The van der Waals surface area contributed by atoms with Gasteiger partial charge in [0, 0.05) is 25.2 Å². The van der Waals surface area contributed by atoms with Crippen molar-refractivity contribution < 1.29 is 28.6 Å². The molecule has 4 saturated carbocycles. The van der Waals surface area contributed by atoms with Gasteiger partial charge in [-0.15, -0.1) is 0 Å². The SMILES string of the molecule is C=C1C[C@]23C[C@H]1CC[C@H]2[C@]1(C)CCC[C@@]2(COC(C)=O)C(=O)O[C@H]([C@H]21)[C@@H]3OC(C)=O. The topological polar surface area (TPSA) is 78.9 Å². The van der Waals surface area contributed by atoms with Crippen molar-refractivity contribution in [3.63, 3.8) is 0 Å². The molecule has 6 heteroatoms. The average molecular weight is 417 g/mol. The number of esters is 3. The predicted molar refractivity (Wildman–Crippen MR) is 107 cm³/mol. The predicted octanol–water partition coefficient (Wildman–Crippen LogP) is 3.58. The molecule has 5 aliphatic rings. The summed E-state index contributed by atoms with van der Waals surface area (Å²) in [7, 11) is 0. The van der Waals surface area contributed by atoms with E-state index in [1.165, 1.54) is 19.4 Å². The van der Waals surface area contributed by atoms with Gasteiger partial charge < -0.3 is 14.2 Å². The van der Waals surface area contributed by atoms with Crippen LogP contribution in [0, 0.1) is 34.0 Å². The van der Waals surface area contributed by atoms with Crippen LogP contribution in [-0.4, -0.2) is 36.7 Å². The van der Waals surface area contributed by atoms with E-state index in [1.807, 2.05) is 0 Å². The maximum atomic E-state index is 13.4.